The predicted molar refractivity (Wildman–Crippen MR) is 97.4 cm³/mol. The Bertz CT molecular complexity index is 674. The third kappa shape index (κ3) is 6.81. The van der Waals surface area contributed by atoms with Gasteiger partial charge in [-0.3, -0.25) is 0 Å². The van der Waals surface area contributed by atoms with E-state index < -0.39 is 10.1 Å². The highest BCUT2D eigenvalue weighted by Crippen LogP contribution is 2.30. The van der Waals surface area contributed by atoms with E-state index >= 15 is 0 Å². The Labute approximate surface area is 150 Å². The number of ether oxygens (including phenoxy) is 1. The first-order valence-corrected chi connectivity index (χ1v) is 9.92. The third-order valence-corrected chi connectivity index (χ3v) is 4.51. The summed E-state index contributed by atoms with van der Waals surface area (Å²) in [6, 6.07) is 4.87. The maximum Gasteiger partial charge on any atom is 0.317 e. The highest BCUT2D eigenvalue weighted by atomic mass is 32.2. The fraction of sp³-hybridized carbons (Fsp3) is 0.588. The van der Waals surface area contributed by atoms with E-state index in [0.717, 1.165) is 5.56 Å². The third-order valence-electron chi connectivity index (χ3n) is 3.37. The Morgan fingerprint density at radius 2 is 1.92 bits per heavy atom. The molecule has 1 aromatic rings. The quantitative estimate of drug-likeness (QED) is 0.674. The van der Waals surface area contributed by atoms with Crippen LogP contribution in [0.2, 0.25) is 0 Å². The lowest BCUT2D eigenvalue weighted by Gasteiger charge is -2.25. The molecule has 1 rings (SSSR count). The number of benzene rings is 1. The summed E-state index contributed by atoms with van der Waals surface area (Å²) in [4.78, 5) is 13.9. The first-order valence-electron chi connectivity index (χ1n) is 8.34. The fourth-order valence-electron chi connectivity index (χ4n) is 2.22. The van der Waals surface area contributed by atoms with Gasteiger partial charge >= 0.3 is 16.1 Å². The number of nitrogens with one attached hydrogen (secondary N) is 1. The molecule has 0 radical (unpaired) electrons. The zero-order chi connectivity index (χ0) is 19.0. The monoisotopic (exact) mass is 372 g/mol. The molecule has 0 bridgehead atoms. The van der Waals surface area contributed by atoms with Gasteiger partial charge in [0.2, 0.25) is 0 Å². The average molecular weight is 372 g/mol. The van der Waals surface area contributed by atoms with Crippen molar-refractivity contribution in [3.63, 3.8) is 0 Å². The molecule has 8 heteroatoms. The molecule has 0 fully saturated rings. The molecule has 0 saturated carbocycles. The molecule has 0 spiro atoms. The molecular formula is C17H28N2O5S. The molecule has 7 nitrogen and oxygen atoms in total. The largest absolute Gasteiger partial charge is 0.493 e. The summed E-state index contributed by atoms with van der Waals surface area (Å²) in [5, 5.41) is 2.79. The van der Waals surface area contributed by atoms with Crippen LogP contribution in [0.4, 0.5) is 4.79 Å². The van der Waals surface area contributed by atoms with Crippen LogP contribution in [0.1, 0.15) is 33.3 Å². The molecule has 0 aliphatic carbocycles. The molecule has 0 aromatic heterocycles. The van der Waals surface area contributed by atoms with Crippen molar-refractivity contribution < 1.29 is 22.1 Å². The molecule has 0 atom stereocenters. The lowest BCUT2D eigenvalue weighted by atomic mass is 10.1. The molecule has 1 N–H and O–H groups in total. The van der Waals surface area contributed by atoms with Gasteiger partial charge in [0, 0.05) is 19.6 Å². The maximum atomic E-state index is 12.2. The fourth-order valence-corrected chi connectivity index (χ4v) is 2.75. The summed E-state index contributed by atoms with van der Waals surface area (Å²) in [5.74, 6) is 0.618. The van der Waals surface area contributed by atoms with Gasteiger partial charge < -0.3 is 19.1 Å². The van der Waals surface area contributed by atoms with Crippen molar-refractivity contribution in [3.8, 4) is 11.5 Å². The number of methoxy groups -OCH3 is 1. The first kappa shape index (κ1) is 21.1. The molecular weight excluding hydrogens is 344 g/mol. The van der Waals surface area contributed by atoms with Crippen molar-refractivity contribution in [1.29, 1.82) is 0 Å². The Kier molecular flexibility index (Phi) is 8.02. The van der Waals surface area contributed by atoms with Gasteiger partial charge in [0.15, 0.2) is 11.5 Å². The van der Waals surface area contributed by atoms with Crippen LogP contribution in [0.25, 0.3) is 0 Å². The van der Waals surface area contributed by atoms with Crippen LogP contribution in [-0.2, 0) is 16.7 Å². The van der Waals surface area contributed by atoms with Crippen LogP contribution in [-0.4, -0.2) is 45.3 Å². The zero-order valence-electron chi connectivity index (χ0n) is 15.5. The summed E-state index contributed by atoms with van der Waals surface area (Å²) < 4.78 is 33.8. The summed E-state index contributed by atoms with van der Waals surface area (Å²) in [5.41, 5.74) is 0.758. The number of rotatable bonds is 9. The van der Waals surface area contributed by atoms with Crippen molar-refractivity contribution in [2.75, 3.05) is 26.0 Å². The maximum absolute atomic E-state index is 12.2. The normalized spacial score (nSPS) is 11.3. The number of hydrogen-bond donors (Lipinski definition) is 1. The minimum Gasteiger partial charge on any atom is -0.493 e. The molecule has 0 heterocycles. The van der Waals surface area contributed by atoms with Crippen LogP contribution in [0.15, 0.2) is 18.2 Å². The van der Waals surface area contributed by atoms with Crippen LogP contribution in [0.5, 0.6) is 11.5 Å². The Morgan fingerprint density at radius 1 is 1.24 bits per heavy atom. The van der Waals surface area contributed by atoms with Crippen LogP contribution in [0.3, 0.4) is 0 Å². The zero-order valence-corrected chi connectivity index (χ0v) is 16.4. The molecule has 0 aliphatic heterocycles. The molecule has 25 heavy (non-hydrogen) atoms. The second-order valence-corrected chi connectivity index (χ2v) is 7.88. The molecule has 0 saturated heterocycles. The standard InChI is InChI=1S/C17H28N2O5S/c1-6-18-17(20)19(11-13(3)4)12-14-8-9-15(23-5)16(10-14)24-25(21,22)7-2/h8-10,13H,6-7,11-12H2,1-5H3,(H,18,20). The second-order valence-electron chi connectivity index (χ2n) is 6.02. The number of nitrogens with zero attached hydrogens (tertiary/aromatic N) is 1. The topological polar surface area (TPSA) is 84.9 Å². The van der Waals surface area contributed by atoms with E-state index in [9.17, 15) is 13.2 Å². The van der Waals surface area contributed by atoms with Gasteiger partial charge in [0.05, 0.1) is 12.9 Å². The van der Waals surface area contributed by atoms with Gasteiger partial charge in [0.25, 0.3) is 0 Å². The van der Waals surface area contributed by atoms with Crippen molar-refractivity contribution in [2.24, 2.45) is 5.92 Å². The van der Waals surface area contributed by atoms with Gasteiger partial charge in [-0.05, 0) is 37.5 Å². The summed E-state index contributed by atoms with van der Waals surface area (Å²) >= 11 is 0. The van der Waals surface area contributed by atoms with E-state index in [-0.39, 0.29) is 17.5 Å². The van der Waals surface area contributed by atoms with Crippen LogP contribution < -0.4 is 14.2 Å². The van der Waals surface area contributed by atoms with E-state index in [1.54, 1.807) is 23.1 Å². The van der Waals surface area contributed by atoms with E-state index in [0.29, 0.717) is 31.3 Å². The number of hydrogen-bond acceptors (Lipinski definition) is 5. The van der Waals surface area contributed by atoms with Gasteiger partial charge in [-0.25, -0.2) is 4.79 Å². The highest BCUT2D eigenvalue weighted by molar-refractivity contribution is 7.87. The van der Waals surface area contributed by atoms with E-state index in [1.807, 2.05) is 20.8 Å². The highest BCUT2D eigenvalue weighted by Gasteiger charge is 2.18. The van der Waals surface area contributed by atoms with Crippen molar-refractivity contribution in [2.45, 2.75) is 34.2 Å². The number of urea groups is 1. The lowest BCUT2D eigenvalue weighted by molar-refractivity contribution is 0.188. The Hall–Kier alpha value is -1.96. The van der Waals surface area contributed by atoms with Gasteiger partial charge in [-0.1, -0.05) is 19.9 Å². The van der Waals surface area contributed by atoms with Crippen molar-refractivity contribution in [1.82, 2.24) is 10.2 Å². The average Bonchev–Trinajstić information content (AvgIpc) is 2.54. The molecule has 0 unspecified atom stereocenters. The molecule has 1 aromatic carbocycles. The summed E-state index contributed by atoms with van der Waals surface area (Å²) in [6.07, 6.45) is 0. The van der Waals surface area contributed by atoms with E-state index in [1.165, 1.54) is 14.0 Å². The number of amides is 2. The predicted octanol–water partition coefficient (Wildman–Crippen LogP) is 2.61. The molecule has 142 valence electrons. The SMILES string of the molecule is CCNC(=O)N(Cc1ccc(OC)c(OS(=O)(=O)CC)c1)CC(C)C. The summed E-state index contributed by atoms with van der Waals surface area (Å²) in [6.45, 7) is 8.90. The van der Waals surface area contributed by atoms with Crippen LogP contribution in [0, 0.1) is 5.92 Å². The minimum absolute atomic E-state index is 0.127. The van der Waals surface area contributed by atoms with Gasteiger partial charge in [-0.15, -0.1) is 0 Å². The smallest absolute Gasteiger partial charge is 0.317 e. The van der Waals surface area contributed by atoms with Gasteiger partial charge in [-0.2, -0.15) is 8.42 Å². The molecule has 0 aliphatic rings. The van der Waals surface area contributed by atoms with Gasteiger partial charge in [0.1, 0.15) is 0 Å². The minimum atomic E-state index is -3.67. The van der Waals surface area contributed by atoms with Crippen molar-refractivity contribution in [3.05, 3.63) is 23.8 Å². The van der Waals surface area contributed by atoms with E-state index in [2.05, 4.69) is 5.32 Å². The number of carbonyl (C=O) groups excluding carboxylic acids is 1. The van der Waals surface area contributed by atoms with E-state index in [4.69, 9.17) is 8.92 Å². The second kappa shape index (κ2) is 9.50. The lowest BCUT2D eigenvalue weighted by Crippen LogP contribution is -2.41. The summed E-state index contributed by atoms with van der Waals surface area (Å²) in [7, 11) is -2.22. The van der Waals surface area contributed by atoms with Crippen LogP contribution >= 0.6 is 0 Å². The molecule has 2 amide bonds. The van der Waals surface area contributed by atoms with Crippen molar-refractivity contribution >= 4 is 16.1 Å². The number of carbonyl (C=O) groups is 1. The Balaban J connectivity index is 3.08. The Morgan fingerprint density at radius 3 is 2.44 bits per heavy atom. The first-order chi connectivity index (χ1) is 11.7.